The molecular formula is C18H22N2O3. The summed E-state index contributed by atoms with van der Waals surface area (Å²) in [5, 5.41) is 18.8. The Labute approximate surface area is 136 Å². The Morgan fingerprint density at radius 3 is 2.65 bits per heavy atom. The molecule has 0 radical (unpaired) electrons. The van der Waals surface area contributed by atoms with Gasteiger partial charge in [-0.15, -0.1) is 0 Å². The topological polar surface area (TPSA) is 81.4 Å². The number of amides is 1. The third-order valence-corrected chi connectivity index (χ3v) is 4.43. The van der Waals surface area contributed by atoms with E-state index < -0.39 is 17.3 Å². The molecule has 2 atom stereocenters. The molecular weight excluding hydrogens is 292 g/mol. The first-order valence-electron chi connectivity index (χ1n) is 7.76. The van der Waals surface area contributed by atoms with Crippen LogP contribution in [0.2, 0.25) is 0 Å². The molecule has 0 aliphatic carbocycles. The molecule has 0 saturated heterocycles. The number of carbonyl (C=O) groups excluding carboxylic acids is 1. The molecule has 1 heterocycles. The van der Waals surface area contributed by atoms with E-state index in [1.165, 1.54) is 4.90 Å². The minimum Gasteiger partial charge on any atom is -0.481 e. The van der Waals surface area contributed by atoms with E-state index in [4.69, 9.17) is 5.26 Å². The standard InChI is InChI=1S/C18H22N2O3/c1-18(2,3)16(17(22)23)13-8-9-15(21)20(11-10-19)14-7-5-4-6-12(13)14/h4-7,13,16H,8-9,11H2,1-3H3,(H,22,23). The van der Waals surface area contributed by atoms with Crippen LogP contribution in [-0.4, -0.2) is 23.5 Å². The number of carbonyl (C=O) groups is 2. The summed E-state index contributed by atoms with van der Waals surface area (Å²) in [6.07, 6.45) is 0.729. The summed E-state index contributed by atoms with van der Waals surface area (Å²) in [5.74, 6) is -1.83. The molecule has 1 N–H and O–H groups in total. The van der Waals surface area contributed by atoms with Gasteiger partial charge in [0.1, 0.15) is 6.54 Å². The largest absolute Gasteiger partial charge is 0.481 e. The van der Waals surface area contributed by atoms with Crippen LogP contribution in [0.25, 0.3) is 0 Å². The predicted molar refractivity (Wildman–Crippen MR) is 87.0 cm³/mol. The summed E-state index contributed by atoms with van der Waals surface area (Å²) in [6.45, 7) is 5.71. The Morgan fingerprint density at radius 1 is 1.43 bits per heavy atom. The Hall–Kier alpha value is -2.35. The molecule has 0 fully saturated rings. The smallest absolute Gasteiger partial charge is 0.307 e. The lowest BCUT2D eigenvalue weighted by molar-refractivity contribution is -0.147. The van der Waals surface area contributed by atoms with Crippen molar-refractivity contribution in [2.45, 2.75) is 39.5 Å². The third-order valence-electron chi connectivity index (χ3n) is 4.43. The van der Waals surface area contributed by atoms with Gasteiger partial charge in [-0.25, -0.2) is 0 Å². The zero-order chi connectivity index (χ0) is 17.2. The number of rotatable bonds is 3. The SMILES string of the molecule is CC(C)(C)C(C(=O)O)C1CCC(=O)N(CC#N)c2ccccc21. The van der Waals surface area contributed by atoms with Gasteiger partial charge in [0.25, 0.3) is 0 Å². The van der Waals surface area contributed by atoms with Crippen LogP contribution in [0.1, 0.15) is 45.1 Å². The highest BCUT2D eigenvalue weighted by atomic mass is 16.4. The van der Waals surface area contributed by atoms with Gasteiger partial charge < -0.3 is 5.11 Å². The molecule has 1 aliphatic rings. The number of hydrogen-bond acceptors (Lipinski definition) is 3. The number of carboxylic acids is 1. The Kier molecular flexibility index (Phi) is 4.74. The van der Waals surface area contributed by atoms with Crippen LogP contribution in [0.4, 0.5) is 5.69 Å². The first kappa shape index (κ1) is 17.0. The van der Waals surface area contributed by atoms with E-state index in [1.54, 1.807) is 6.07 Å². The van der Waals surface area contributed by atoms with Crippen molar-refractivity contribution < 1.29 is 14.7 Å². The van der Waals surface area contributed by atoms with Gasteiger partial charge in [-0.3, -0.25) is 14.5 Å². The molecule has 5 heteroatoms. The van der Waals surface area contributed by atoms with Crippen molar-refractivity contribution in [1.82, 2.24) is 0 Å². The van der Waals surface area contributed by atoms with Gasteiger partial charge in [0, 0.05) is 18.0 Å². The summed E-state index contributed by atoms with van der Waals surface area (Å²) in [4.78, 5) is 25.8. The number of nitrogens with zero attached hydrogens (tertiary/aromatic N) is 2. The maximum atomic E-state index is 12.4. The third kappa shape index (κ3) is 3.37. The van der Waals surface area contributed by atoms with Crippen LogP contribution in [0.3, 0.4) is 0 Å². The molecule has 0 saturated carbocycles. The first-order valence-corrected chi connectivity index (χ1v) is 7.76. The molecule has 0 bridgehead atoms. The molecule has 122 valence electrons. The molecule has 1 aromatic rings. The zero-order valence-electron chi connectivity index (χ0n) is 13.7. The maximum Gasteiger partial charge on any atom is 0.307 e. The fraction of sp³-hybridized carbons (Fsp3) is 0.500. The van der Waals surface area contributed by atoms with Gasteiger partial charge in [0.05, 0.1) is 12.0 Å². The highest BCUT2D eigenvalue weighted by Crippen LogP contribution is 2.45. The Morgan fingerprint density at radius 2 is 2.09 bits per heavy atom. The fourth-order valence-corrected chi connectivity index (χ4v) is 3.49. The quantitative estimate of drug-likeness (QED) is 0.869. The number of para-hydroxylation sites is 1. The highest BCUT2D eigenvalue weighted by Gasteiger charge is 2.41. The van der Waals surface area contributed by atoms with Crippen molar-refractivity contribution in [3.8, 4) is 6.07 Å². The number of aliphatic carboxylic acids is 1. The van der Waals surface area contributed by atoms with Crippen LogP contribution >= 0.6 is 0 Å². The van der Waals surface area contributed by atoms with Crippen molar-refractivity contribution in [2.24, 2.45) is 11.3 Å². The maximum absolute atomic E-state index is 12.4. The van der Waals surface area contributed by atoms with Gasteiger partial charge in [0.2, 0.25) is 5.91 Å². The van der Waals surface area contributed by atoms with Gasteiger partial charge in [-0.2, -0.15) is 5.26 Å². The van der Waals surface area contributed by atoms with E-state index in [2.05, 4.69) is 0 Å². The summed E-state index contributed by atoms with van der Waals surface area (Å²) >= 11 is 0. The van der Waals surface area contributed by atoms with Crippen LogP contribution in [-0.2, 0) is 9.59 Å². The Bertz CT molecular complexity index is 655. The van der Waals surface area contributed by atoms with Crippen molar-refractivity contribution in [3.05, 3.63) is 29.8 Å². The monoisotopic (exact) mass is 314 g/mol. The van der Waals surface area contributed by atoms with Crippen molar-refractivity contribution in [1.29, 1.82) is 5.26 Å². The number of nitriles is 1. The van der Waals surface area contributed by atoms with Gasteiger partial charge in [0.15, 0.2) is 0 Å². The lowest BCUT2D eigenvalue weighted by Gasteiger charge is -2.34. The number of benzene rings is 1. The molecule has 23 heavy (non-hydrogen) atoms. The van der Waals surface area contributed by atoms with Crippen molar-refractivity contribution >= 4 is 17.6 Å². The van der Waals surface area contributed by atoms with Crippen LogP contribution in [0, 0.1) is 22.7 Å². The second kappa shape index (κ2) is 6.41. The average Bonchev–Trinajstić information content (AvgIpc) is 2.58. The number of carboxylic acid groups (broad SMARTS) is 1. The summed E-state index contributed by atoms with van der Waals surface area (Å²) in [7, 11) is 0. The summed E-state index contributed by atoms with van der Waals surface area (Å²) in [5.41, 5.74) is 1.07. The molecule has 2 rings (SSSR count). The van der Waals surface area contributed by atoms with Crippen LogP contribution < -0.4 is 4.90 Å². The molecule has 0 aromatic heterocycles. The van der Waals surface area contributed by atoms with Crippen molar-refractivity contribution in [2.75, 3.05) is 11.4 Å². The highest BCUT2D eigenvalue weighted by molar-refractivity contribution is 5.95. The van der Waals surface area contributed by atoms with Crippen molar-refractivity contribution in [3.63, 3.8) is 0 Å². The first-order chi connectivity index (χ1) is 10.8. The van der Waals surface area contributed by atoms with Crippen LogP contribution in [0.15, 0.2) is 24.3 Å². The lowest BCUT2D eigenvalue weighted by Crippen LogP contribution is -2.34. The summed E-state index contributed by atoms with van der Waals surface area (Å²) in [6, 6.07) is 9.36. The van der Waals surface area contributed by atoms with E-state index in [-0.39, 0.29) is 24.8 Å². The van der Waals surface area contributed by atoms with Gasteiger partial charge in [-0.1, -0.05) is 39.0 Å². The van der Waals surface area contributed by atoms with E-state index in [9.17, 15) is 14.7 Å². The summed E-state index contributed by atoms with van der Waals surface area (Å²) < 4.78 is 0. The van der Waals surface area contributed by atoms with Gasteiger partial charge in [-0.05, 0) is 23.5 Å². The predicted octanol–water partition coefficient (Wildman–Crippen LogP) is 3.17. The normalized spacial score (nSPS) is 19.5. The molecule has 1 aromatic carbocycles. The van der Waals surface area contributed by atoms with E-state index in [0.717, 1.165) is 5.56 Å². The lowest BCUT2D eigenvalue weighted by atomic mass is 9.69. The van der Waals surface area contributed by atoms with Crippen LogP contribution in [0.5, 0.6) is 0 Å². The Balaban J connectivity index is 2.58. The molecule has 1 amide bonds. The number of anilines is 1. The van der Waals surface area contributed by atoms with Gasteiger partial charge >= 0.3 is 5.97 Å². The van der Waals surface area contributed by atoms with E-state index in [1.807, 2.05) is 45.0 Å². The van der Waals surface area contributed by atoms with E-state index in [0.29, 0.717) is 12.1 Å². The average molecular weight is 314 g/mol. The number of fused-ring (bicyclic) bond motifs is 1. The second-order valence-corrected chi connectivity index (χ2v) is 7.02. The molecule has 5 nitrogen and oxygen atoms in total. The minimum atomic E-state index is -0.849. The van der Waals surface area contributed by atoms with E-state index >= 15 is 0 Å². The molecule has 1 aliphatic heterocycles. The fourth-order valence-electron chi connectivity index (χ4n) is 3.49. The second-order valence-electron chi connectivity index (χ2n) is 7.02. The zero-order valence-corrected chi connectivity index (χ0v) is 13.7. The minimum absolute atomic E-state index is 0.0180. The molecule has 0 spiro atoms. The molecule has 2 unspecified atom stereocenters. The number of hydrogen-bond donors (Lipinski definition) is 1.